The van der Waals surface area contributed by atoms with Gasteiger partial charge in [-0.05, 0) is 43.1 Å². The Balaban J connectivity index is 1.54. The Labute approximate surface area is 177 Å². The van der Waals surface area contributed by atoms with E-state index in [0.29, 0.717) is 35.3 Å². The Bertz CT molecular complexity index is 1020. The summed E-state index contributed by atoms with van der Waals surface area (Å²) in [6.45, 7) is 3.98. The Kier molecular flexibility index (Phi) is 6.18. The number of nitrogens with one attached hydrogen (secondary N) is 1. The third-order valence-electron chi connectivity index (χ3n) is 5.63. The summed E-state index contributed by atoms with van der Waals surface area (Å²) in [5.74, 6) is 2.12. The summed E-state index contributed by atoms with van der Waals surface area (Å²) in [6, 6.07) is 12.2. The van der Waals surface area contributed by atoms with E-state index in [2.05, 4.69) is 44.5 Å². The van der Waals surface area contributed by atoms with Gasteiger partial charge in [-0.25, -0.2) is 4.98 Å². The first-order valence-electron chi connectivity index (χ1n) is 10.4. The zero-order valence-electron chi connectivity index (χ0n) is 17.6. The van der Waals surface area contributed by atoms with Crippen molar-refractivity contribution in [2.24, 2.45) is 0 Å². The first-order valence-corrected chi connectivity index (χ1v) is 10.4. The molecule has 0 aliphatic carbocycles. The van der Waals surface area contributed by atoms with Gasteiger partial charge in [0.25, 0.3) is 0 Å². The van der Waals surface area contributed by atoms with Crippen molar-refractivity contribution < 1.29 is 9.47 Å². The summed E-state index contributed by atoms with van der Waals surface area (Å²) in [6.07, 6.45) is 3.93. The third kappa shape index (κ3) is 4.41. The van der Waals surface area contributed by atoms with Crippen LogP contribution in [0.15, 0.2) is 36.4 Å². The average molecular weight is 408 g/mol. The molecule has 2 aromatic carbocycles. The lowest BCUT2D eigenvalue weighted by Crippen LogP contribution is -2.29. The molecule has 0 unspecified atom stereocenters. The molecular weight excluding hydrogens is 378 g/mol. The number of piperidine rings is 1. The summed E-state index contributed by atoms with van der Waals surface area (Å²) in [4.78, 5) is 11.6. The van der Waals surface area contributed by atoms with Gasteiger partial charge in [-0.2, -0.15) is 4.98 Å². The van der Waals surface area contributed by atoms with Gasteiger partial charge < -0.3 is 20.5 Å². The number of benzene rings is 2. The van der Waals surface area contributed by atoms with Gasteiger partial charge in [-0.15, -0.1) is 0 Å². The highest BCUT2D eigenvalue weighted by molar-refractivity contribution is 5.91. The minimum atomic E-state index is 0.407. The van der Waals surface area contributed by atoms with E-state index in [1.807, 2.05) is 6.07 Å². The molecule has 0 saturated carbocycles. The predicted molar refractivity (Wildman–Crippen MR) is 120 cm³/mol. The van der Waals surface area contributed by atoms with Crippen LogP contribution < -0.4 is 20.5 Å². The van der Waals surface area contributed by atoms with Crippen LogP contribution in [0.5, 0.6) is 11.5 Å². The minimum absolute atomic E-state index is 0.407. The highest BCUT2D eigenvalue weighted by Crippen LogP contribution is 2.33. The standard InChI is InChI=1S/C23H29N5O2/c1-29-20-12-18-19(13-21(20)30-2)26-23(27-22(18)24)25-14-16-8-4-5-9-17(16)15-28-10-6-3-7-11-28/h4-5,8-9,12-13H,3,6-7,10-11,14-15H2,1-2H3,(H3,24,25,26,27). The van der Waals surface area contributed by atoms with Crippen molar-refractivity contribution in [3.63, 3.8) is 0 Å². The fraction of sp³-hybridized carbons (Fsp3) is 0.391. The number of aromatic nitrogens is 2. The van der Waals surface area contributed by atoms with E-state index in [4.69, 9.17) is 15.2 Å². The number of hydrogen-bond donors (Lipinski definition) is 2. The number of nitrogens with two attached hydrogens (primary N) is 1. The van der Waals surface area contributed by atoms with Gasteiger partial charge in [-0.3, -0.25) is 4.90 Å². The van der Waals surface area contributed by atoms with Gasteiger partial charge in [0.05, 0.1) is 19.7 Å². The molecule has 0 atom stereocenters. The van der Waals surface area contributed by atoms with E-state index in [0.717, 1.165) is 11.9 Å². The molecule has 7 heteroatoms. The van der Waals surface area contributed by atoms with Crippen molar-refractivity contribution in [1.29, 1.82) is 0 Å². The molecule has 0 spiro atoms. The van der Waals surface area contributed by atoms with Crippen LogP contribution in [0.4, 0.5) is 11.8 Å². The number of rotatable bonds is 7. The molecule has 0 bridgehead atoms. The highest BCUT2D eigenvalue weighted by atomic mass is 16.5. The molecule has 2 heterocycles. The second kappa shape index (κ2) is 9.17. The molecule has 1 aliphatic heterocycles. The number of hydrogen-bond acceptors (Lipinski definition) is 7. The van der Waals surface area contributed by atoms with Gasteiger partial charge in [0, 0.05) is 24.5 Å². The lowest BCUT2D eigenvalue weighted by molar-refractivity contribution is 0.220. The van der Waals surface area contributed by atoms with Crippen LogP contribution in [0.25, 0.3) is 10.9 Å². The molecule has 1 saturated heterocycles. The molecule has 3 aromatic rings. The van der Waals surface area contributed by atoms with Gasteiger partial charge in [-0.1, -0.05) is 30.7 Å². The van der Waals surface area contributed by atoms with Crippen LogP contribution in [-0.4, -0.2) is 42.2 Å². The Morgan fingerprint density at radius 3 is 2.40 bits per heavy atom. The molecule has 4 rings (SSSR count). The molecule has 30 heavy (non-hydrogen) atoms. The second-order valence-corrected chi connectivity index (χ2v) is 7.62. The van der Waals surface area contributed by atoms with Crippen LogP contribution in [0.1, 0.15) is 30.4 Å². The van der Waals surface area contributed by atoms with Gasteiger partial charge in [0.15, 0.2) is 11.5 Å². The van der Waals surface area contributed by atoms with E-state index in [1.165, 1.54) is 43.5 Å². The molecule has 1 fully saturated rings. The molecule has 1 aliphatic rings. The van der Waals surface area contributed by atoms with Crippen molar-refractivity contribution in [3.05, 3.63) is 47.5 Å². The first kappa shape index (κ1) is 20.2. The maximum Gasteiger partial charge on any atom is 0.225 e. The zero-order valence-corrected chi connectivity index (χ0v) is 17.6. The lowest BCUT2D eigenvalue weighted by atomic mass is 10.0. The van der Waals surface area contributed by atoms with E-state index in [-0.39, 0.29) is 0 Å². The van der Waals surface area contributed by atoms with Gasteiger partial charge >= 0.3 is 0 Å². The topological polar surface area (TPSA) is 85.5 Å². The van der Waals surface area contributed by atoms with Crippen molar-refractivity contribution >= 4 is 22.7 Å². The van der Waals surface area contributed by atoms with Gasteiger partial charge in [0.1, 0.15) is 5.82 Å². The lowest BCUT2D eigenvalue weighted by Gasteiger charge is -2.27. The second-order valence-electron chi connectivity index (χ2n) is 7.62. The number of ether oxygens (including phenoxy) is 2. The maximum atomic E-state index is 6.20. The monoisotopic (exact) mass is 407 g/mol. The zero-order chi connectivity index (χ0) is 20.9. The fourth-order valence-corrected chi connectivity index (χ4v) is 3.98. The Morgan fingerprint density at radius 2 is 1.67 bits per heavy atom. The van der Waals surface area contributed by atoms with Gasteiger partial charge in [0.2, 0.25) is 5.95 Å². The number of likely N-dealkylation sites (tertiary alicyclic amines) is 1. The van der Waals surface area contributed by atoms with E-state index >= 15 is 0 Å². The quantitative estimate of drug-likeness (QED) is 0.616. The molecule has 0 amide bonds. The van der Waals surface area contributed by atoms with Crippen LogP contribution in [0.3, 0.4) is 0 Å². The summed E-state index contributed by atoms with van der Waals surface area (Å²) >= 11 is 0. The first-order chi connectivity index (χ1) is 14.7. The number of nitrogens with zero attached hydrogens (tertiary/aromatic N) is 3. The highest BCUT2D eigenvalue weighted by Gasteiger charge is 2.14. The minimum Gasteiger partial charge on any atom is -0.493 e. The largest absolute Gasteiger partial charge is 0.493 e. The molecule has 158 valence electrons. The number of fused-ring (bicyclic) bond motifs is 1. The molecular formula is C23H29N5O2. The predicted octanol–water partition coefficient (Wildman–Crippen LogP) is 3.83. The Morgan fingerprint density at radius 1 is 0.967 bits per heavy atom. The van der Waals surface area contributed by atoms with E-state index in [9.17, 15) is 0 Å². The number of nitrogen functional groups attached to an aromatic ring is 1. The summed E-state index contributed by atoms with van der Waals surface area (Å²) < 4.78 is 10.7. The SMILES string of the molecule is COc1cc2nc(NCc3ccccc3CN3CCCCC3)nc(N)c2cc1OC. The number of methoxy groups -OCH3 is 2. The molecule has 3 N–H and O–H groups in total. The summed E-state index contributed by atoms with van der Waals surface area (Å²) in [7, 11) is 3.20. The molecule has 0 radical (unpaired) electrons. The molecule has 7 nitrogen and oxygen atoms in total. The van der Waals surface area contributed by atoms with Crippen molar-refractivity contribution in [2.75, 3.05) is 38.4 Å². The van der Waals surface area contributed by atoms with Crippen molar-refractivity contribution in [2.45, 2.75) is 32.4 Å². The smallest absolute Gasteiger partial charge is 0.225 e. The third-order valence-corrected chi connectivity index (χ3v) is 5.63. The van der Waals surface area contributed by atoms with Crippen LogP contribution in [-0.2, 0) is 13.1 Å². The van der Waals surface area contributed by atoms with Crippen molar-refractivity contribution in [1.82, 2.24) is 14.9 Å². The normalized spacial score (nSPS) is 14.6. The van der Waals surface area contributed by atoms with Crippen LogP contribution in [0, 0.1) is 0 Å². The van der Waals surface area contributed by atoms with E-state index < -0.39 is 0 Å². The number of anilines is 2. The summed E-state index contributed by atoms with van der Waals surface area (Å²) in [5, 5.41) is 4.08. The fourth-order valence-electron chi connectivity index (χ4n) is 3.98. The maximum absolute atomic E-state index is 6.20. The van der Waals surface area contributed by atoms with Crippen LogP contribution >= 0.6 is 0 Å². The van der Waals surface area contributed by atoms with E-state index in [1.54, 1.807) is 20.3 Å². The molecule has 1 aromatic heterocycles. The average Bonchev–Trinajstić information content (AvgIpc) is 2.78. The van der Waals surface area contributed by atoms with Crippen LogP contribution in [0.2, 0.25) is 0 Å². The Hall–Kier alpha value is -3.06. The van der Waals surface area contributed by atoms with Crippen molar-refractivity contribution in [3.8, 4) is 11.5 Å². The summed E-state index contributed by atoms with van der Waals surface area (Å²) in [5.41, 5.74) is 9.50.